The molecule has 0 saturated carbocycles. The lowest BCUT2D eigenvalue weighted by Crippen LogP contribution is -1.91. The number of benzene rings is 2. The predicted molar refractivity (Wildman–Crippen MR) is 68.7 cm³/mol. The molecule has 0 saturated heterocycles. The van der Waals surface area contributed by atoms with Crippen LogP contribution >= 0.6 is 0 Å². The van der Waals surface area contributed by atoms with Crippen molar-refractivity contribution in [1.82, 2.24) is 0 Å². The summed E-state index contributed by atoms with van der Waals surface area (Å²) in [6.07, 6.45) is 0. The number of nitrogens with two attached hydrogens (primary N) is 1. The van der Waals surface area contributed by atoms with Crippen LogP contribution in [-0.4, -0.2) is 7.11 Å². The van der Waals surface area contributed by atoms with Crippen LogP contribution in [0.5, 0.6) is 17.2 Å². The average molecular weight is 229 g/mol. The van der Waals surface area contributed by atoms with E-state index in [-0.39, 0.29) is 0 Å². The first-order chi connectivity index (χ1) is 8.19. The van der Waals surface area contributed by atoms with Gasteiger partial charge < -0.3 is 15.2 Å². The van der Waals surface area contributed by atoms with Gasteiger partial charge in [-0.3, -0.25) is 0 Å². The van der Waals surface area contributed by atoms with Crippen molar-refractivity contribution in [2.45, 2.75) is 6.92 Å². The molecular weight excluding hydrogens is 214 g/mol. The van der Waals surface area contributed by atoms with E-state index in [1.165, 1.54) is 0 Å². The molecule has 2 rings (SSSR count). The maximum Gasteiger partial charge on any atom is 0.131 e. The molecule has 3 heteroatoms. The number of hydrogen-bond donors (Lipinski definition) is 1. The lowest BCUT2D eigenvalue weighted by Gasteiger charge is -2.10. The van der Waals surface area contributed by atoms with Crippen LogP contribution in [0.25, 0.3) is 0 Å². The fourth-order valence-corrected chi connectivity index (χ4v) is 1.58. The van der Waals surface area contributed by atoms with E-state index in [1.807, 2.05) is 49.4 Å². The molecule has 0 aromatic heterocycles. The molecule has 0 aliphatic carbocycles. The Balaban J connectivity index is 2.25. The molecule has 0 spiro atoms. The van der Waals surface area contributed by atoms with Crippen molar-refractivity contribution in [3.05, 3.63) is 48.0 Å². The molecule has 0 amide bonds. The van der Waals surface area contributed by atoms with Gasteiger partial charge in [-0.15, -0.1) is 0 Å². The largest absolute Gasteiger partial charge is 0.497 e. The lowest BCUT2D eigenvalue weighted by atomic mass is 10.2. The minimum Gasteiger partial charge on any atom is -0.497 e. The Bertz CT molecular complexity index is 523. The van der Waals surface area contributed by atoms with Crippen molar-refractivity contribution in [3.63, 3.8) is 0 Å². The second kappa shape index (κ2) is 4.78. The molecule has 2 aromatic carbocycles. The first kappa shape index (κ1) is 11.3. The Morgan fingerprint density at radius 1 is 1.00 bits per heavy atom. The van der Waals surface area contributed by atoms with E-state index < -0.39 is 0 Å². The van der Waals surface area contributed by atoms with Crippen molar-refractivity contribution >= 4 is 5.69 Å². The second-order valence-corrected chi connectivity index (χ2v) is 3.81. The summed E-state index contributed by atoms with van der Waals surface area (Å²) in [4.78, 5) is 0. The highest BCUT2D eigenvalue weighted by molar-refractivity contribution is 5.48. The van der Waals surface area contributed by atoms with Gasteiger partial charge in [-0.25, -0.2) is 0 Å². The van der Waals surface area contributed by atoms with Crippen LogP contribution in [0.2, 0.25) is 0 Å². The number of rotatable bonds is 3. The maximum absolute atomic E-state index is 5.77. The van der Waals surface area contributed by atoms with E-state index in [9.17, 15) is 0 Å². The Labute approximate surface area is 101 Å². The van der Waals surface area contributed by atoms with Gasteiger partial charge >= 0.3 is 0 Å². The standard InChI is InChI=1S/C14H15NO2/c1-10-8-11(15)6-7-14(10)17-13-5-3-4-12(9-13)16-2/h3-9H,15H2,1-2H3. The molecular formula is C14H15NO2. The monoisotopic (exact) mass is 229 g/mol. The Kier molecular flexibility index (Phi) is 3.19. The van der Waals surface area contributed by atoms with Crippen LogP contribution in [0.15, 0.2) is 42.5 Å². The smallest absolute Gasteiger partial charge is 0.131 e. The van der Waals surface area contributed by atoms with Crippen molar-refractivity contribution in [2.75, 3.05) is 12.8 Å². The fraction of sp³-hybridized carbons (Fsp3) is 0.143. The zero-order valence-corrected chi connectivity index (χ0v) is 9.94. The maximum atomic E-state index is 5.77. The van der Waals surface area contributed by atoms with Gasteiger partial charge in [-0.2, -0.15) is 0 Å². The van der Waals surface area contributed by atoms with Crippen LogP contribution in [0, 0.1) is 6.92 Å². The van der Waals surface area contributed by atoms with E-state index in [0.29, 0.717) is 0 Å². The SMILES string of the molecule is COc1cccc(Oc2ccc(N)cc2C)c1. The summed E-state index contributed by atoms with van der Waals surface area (Å²) in [5, 5.41) is 0. The topological polar surface area (TPSA) is 44.5 Å². The van der Waals surface area contributed by atoms with Gasteiger partial charge in [0, 0.05) is 11.8 Å². The number of methoxy groups -OCH3 is 1. The molecule has 0 radical (unpaired) electrons. The summed E-state index contributed by atoms with van der Waals surface area (Å²) in [6.45, 7) is 1.96. The van der Waals surface area contributed by atoms with Crippen molar-refractivity contribution in [2.24, 2.45) is 0 Å². The summed E-state index contributed by atoms with van der Waals surface area (Å²) in [6, 6.07) is 13.1. The average Bonchev–Trinajstić information content (AvgIpc) is 2.33. The molecule has 0 aliphatic heterocycles. The highest BCUT2D eigenvalue weighted by Crippen LogP contribution is 2.28. The Morgan fingerprint density at radius 2 is 1.76 bits per heavy atom. The Hall–Kier alpha value is -2.16. The minimum atomic E-state index is 0.737. The van der Waals surface area contributed by atoms with Crippen LogP contribution in [0.1, 0.15) is 5.56 Å². The third-order valence-electron chi connectivity index (χ3n) is 2.47. The minimum absolute atomic E-state index is 0.737. The van der Waals surface area contributed by atoms with Crippen molar-refractivity contribution < 1.29 is 9.47 Å². The zero-order valence-electron chi connectivity index (χ0n) is 9.94. The number of nitrogen functional groups attached to an aromatic ring is 1. The third-order valence-corrected chi connectivity index (χ3v) is 2.47. The van der Waals surface area contributed by atoms with E-state index in [1.54, 1.807) is 7.11 Å². The molecule has 0 unspecified atom stereocenters. The summed E-state index contributed by atoms with van der Waals surface area (Å²) < 4.78 is 10.9. The van der Waals surface area contributed by atoms with Crippen molar-refractivity contribution in [1.29, 1.82) is 0 Å². The number of ether oxygens (including phenoxy) is 2. The van der Waals surface area contributed by atoms with Gasteiger partial charge in [0.1, 0.15) is 17.2 Å². The van der Waals surface area contributed by atoms with Crippen LogP contribution in [0.4, 0.5) is 5.69 Å². The molecule has 88 valence electrons. The van der Waals surface area contributed by atoms with Crippen molar-refractivity contribution in [3.8, 4) is 17.2 Å². The molecule has 2 N–H and O–H groups in total. The molecule has 0 bridgehead atoms. The highest BCUT2D eigenvalue weighted by Gasteiger charge is 2.02. The number of hydrogen-bond acceptors (Lipinski definition) is 3. The molecule has 0 fully saturated rings. The van der Waals surface area contributed by atoms with E-state index in [4.69, 9.17) is 15.2 Å². The molecule has 0 atom stereocenters. The predicted octanol–water partition coefficient (Wildman–Crippen LogP) is 3.38. The summed E-state index contributed by atoms with van der Waals surface area (Å²) >= 11 is 0. The van der Waals surface area contributed by atoms with Crippen LogP contribution < -0.4 is 15.2 Å². The normalized spacial score (nSPS) is 10.0. The van der Waals surface area contributed by atoms with Gasteiger partial charge in [0.15, 0.2) is 0 Å². The number of aryl methyl sites for hydroxylation is 1. The lowest BCUT2D eigenvalue weighted by molar-refractivity contribution is 0.409. The first-order valence-corrected chi connectivity index (χ1v) is 5.37. The number of anilines is 1. The molecule has 0 heterocycles. The molecule has 2 aromatic rings. The zero-order chi connectivity index (χ0) is 12.3. The molecule has 3 nitrogen and oxygen atoms in total. The van der Waals surface area contributed by atoms with Gasteiger partial charge in [-0.1, -0.05) is 6.07 Å². The summed E-state index contributed by atoms with van der Waals surface area (Å²) in [5.74, 6) is 2.32. The van der Waals surface area contributed by atoms with Gasteiger partial charge in [-0.05, 0) is 42.8 Å². The molecule has 17 heavy (non-hydrogen) atoms. The quantitative estimate of drug-likeness (QED) is 0.820. The third kappa shape index (κ3) is 2.69. The van der Waals surface area contributed by atoms with Gasteiger partial charge in [0.05, 0.1) is 7.11 Å². The summed E-state index contributed by atoms with van der Waals surface area (Å²) in [7, 11) is 1.63. The fourth-order valence-electron chi connectivity index (χ4n) is 1.58. The Morgan fingerprint density at radius 3 is 2.47 bits per heavy atom. The van der Waals surface area contributed by atoms with Crippen LogP contribution in [0.3, 0.4) is 0 Å². The van der Waals surface area contributed by atoms with E-state index in [0.717, 1.165) is 28.5 Å². The molecule has 0 aliphatic rings. The highest BCUT2D eigenvalue weighted by atomic mass is 16.5. The van der Waals surface area contributed by atoms with E-state index >= 15 is 0 Å². The first-order valence-electron chi connectivity index (χ1n) is 5.37. The van der Waals surface area contributed by atoms with Gasteiger partial charge in [0.25, 0.3) is 0 Å². The van der Waals surface area contributed by atoms with Crippen LogP contribution in [-0.2, 0) is 0 Å². The van der Waals surface area contributed by atoms with E-state index in [2.05, 4.69) is 0 Å². The summed E-state index contributed by atoms with van der Waals surface area (Å²) in [5.41, 5.74) is 7.43. The van der Waals surface area contributed by atoms with Gasteiger partial charge in [0.2, 0.25) is 0 Å². The second-order valence-electron chi connectivity index (χ2n) is 3.81.